The zero-order valence-electron chi connectivity index (χ0n) is 17.4. The van der Waals surface area contributed by atoms with Crippen LogP contribution in [0.5, 0.6) is 5.75 Å². The first-order valence-corrected chi connectivity index (χ1v) is 10.5. The van der Waals surface area contributed by atoms with Gasteiger partial charge in [0.15, 0.2) is 11.6 Å². The Hall–Kier alpha value is -1.52. The van der Waals surface area contributed by atoms with E-state index in [9.17, 15) is 17.6 Å². The number of benzene rings is 1. The van der Waals surface area contributed by atoms with Crippen molar-refractivity contribution in [1.82, 2.24) is 0 Å². The van der Waals surface area contributed by atoms with Crippen LogP contribution in [-0.2, 0) is 6.42 Å². The largest absolute Gasteiger partial charge is 0.425 e. The highest BCUT2D eigenvalue weighted by atomic mass is 19.3. The van der Waals surface area contributed by atoms with Crippen molar-refractivity contribution in [2.75, 3.05) is 0 Å². The van der Waals surface area contributed by atoms with Gasteiger partial charge in [0.2, 0.25) is 0 Å². The molecule has 0 aromatic heterocycles. The van der Waals surface area contributed by atoms with Crippen LogP contribution in [0.25, 0.3) is 0 Å². The molecule has 1 nitrogen and oxygen atoms in total. The quantitative estimate of drug-likeness (QED) is 0.224. The maximum absolute atomic E-state index is 13.9. The smallest absolute Gasteiger partial charge is 0.344 e. The molecule has 0 radical (unpaired) electrons. The Balaban J connectivity index is 2.46. The third kappa shape index (κ3) is 9.61. The Bertz CT molecular complexity index is 596. The molecular weight excluding hydrogens is 368 g/mol. The van der Waals surface area contributed by atoms with E-state index in [1.165, 1.54) is 57.1 Å². The van der Waals surface area contributed by atoms with Crippen molar-refractivity contribution < 1.29 is 22.3 Å². The SMILES string of the molecule is CCCC(C)CCCC(CCC)CCCc1ccc(OC(F)=C(F)F)c(F)c1. The van der Waals surface area contributed by atoms with E-state index in [-0.39, 0.29) is 0 Å². The predicted molar refractivity (Wildman–Crippen MR) is 107 cm³/mol. The Kier molecular flexibility index (Phi) is 11.9. The number of aryl methyl sites for hydroxylation is 1. The van der Waals surface area contributed by atoms with Gasteiger partial charge in [-0.1, -0.05) is 78.2 Å². The molecule has 2 unspecified atom stereocenters. The normalized spacial score (nSPS) is 13.2. The summed E-state index contributed by atoms with van der Waals surface area (Å²) >= 11 is 0. The Morgan fingerprint density at radius 3 is 2.21 bits per heavy atom. The second-order valence-corrected chi connectivity index (χ2v) is 7.77. The van der Waals surface area contributed by atoms with Gasteiger partial charge in [0.25, 0.3) is 0 Å². The van der Waals surface area contributed by atoms with Gasteiger partial charge in [-0.15, -0.1) is 0 Å². The molecule has 1 aromatic rings. The molecule has 160 valence electrons. The Morgan fingerprint density at radius 2 is 1.61 bits per heavy atom. The van der Waals surface area contributed by atoms with Crippen molar-refractivity contribution in [2.24, 2.45) is 11.8 Å². The van der Waals surface area contributed by atoms with Gasteiger partial charge in [-0.05, 0) is 42.4 Å². The summed E-state index contributed by atoms with van der Waals surface area (Å²) in [6.45, 7) is 6.75. The highest BCUT2D eigenvalue weighted by Crippen LogP contribution is 2.26. The van der Waals surface area contributed by atoms with E-state index in [0.29, 0.717) is 12.3 Å². The fourth-order valence-corrected chi connectivity index (χ4v) is 3.75. The van der Waals surface area contributed by atoms with Gasteiger partial charge >= 0.3 is 12.1 Å². The van der Waals surface area contributed by atoms with Crippen molar-refractivity contribution in [1.29, 1.82) is 0 Å². The zero-order chi connectivity index (χ0) is 20.9. The van der Waals surface area contributed by atoms with Crippen LogP contribution >= 0.6 is 0 Å². The van der Waals surface area contributed by atoms with Crippen LogP contribution in [0.4, 0.5) is 17.6 Å². The fourth-order valence-electron chi connectivity index (χ4n) is 3.75. The summed E-state index contributed by atoms with van der Waals surface area (Å²) in [4.78, 5) is 0. The van der Waals surface area contributed by atoms with Crippen molar-refractivity contribution >= 4 is 0 Å². The summed E-state index contributed by atoms with van der Waals surface area (Å²) in [6, 6.07) is 1.97. The Morgan fingerprint density at radius 1 is 0.929 bits per heavy atom. The molecule has 0 amide bonds. The van der Waals surface area contributed by atoms with E-state index < -0.39 is 23.7 Å². The molecule has 0 saturated heterocycles. The first-order chi connectivity index (χ1) is 13.4. The molecule has 0 aliphatic heterocycles. The molecular formula is C23H34F4O. The summed E-state index contributed by atoms with van der Waals surface area (Å²) in [5.41, 5.74) is 0.766. The summed E-state index contributed by atoms with van der Waals surface area (Å²) in [6.07, 6.45) is 8.85. The van der Waals surface area contributed by atoms with Crippen molar-refractivity contribution in [3.8, 4) is 5.75 Å². The van der Waals surface area contributed by atoms with E-state index in [2.05, 4.69) is 25.5 Å². The lowest BCUT2D eigenvalue weighted by molar-refractivity contribution is 0.234. The number of halogens is 4. The lowest BCUT2D eigenvalue weighted by atomic mass is 9.89. The van der Waals surface area contributed by atoms with Gasteiger partial charge in [0, 0.05) is 0 Å². The Labute approximate surface area is 167 Å². The van der Waals surface area contributed by atoms with Gasteiger partial charge in [0.1, 0.15) is 0 Å². The maximum Gasteiger partial charge on any atom is 0.344 e. The first-order valence-electron chi connectivity index (χ1n) is 10.5. The average molecular weight is 403 g/mol. The third-order valence-electron chi connectivity index (χ3n) is 5.21. The summed E-state index contributed by atoms with van der Waals surface area (Å²) in [5, 5.41) is 0. The monoisotopic (exact) mass is 402 g/mol. The number of rotatable bonds is 14. The number of hydrogen-bond donors (Lipinski definition) is 0. The van der Waals surface area contributed by atoms with Crippen molar-refractivity contribution in [2.45, 2.75) is 85.0 Å². The minimum atomic E-state index is -2.60. The third-order valence-corrected chi connectivity index (χ3v) is 5.21. The topological polar surface area (TPSA) is 9.23 Å². The molecule has 1 aromatic carbocycles. The lowest BCUT2D eigenvalue weighted by Crippen LogP contribution is -2.03. The van der Waals surface area contributed by atoms with E-state index in [1.54, 1.807) is 6.07 Å². The second-order valence-electron chi connectivity index (χ2n) is 7.77. The number of hydrogen-bond acceptors (Lipinski definition) is 1. The molecule has 0 spiro atoms. The molecule has 2 atom stereocenters. The van der Waals surface area contributed by atoms with Crippen LogP contribution < -0.4 is 4.74 Å². The van der Waals surface area contributed by atoms with Crippen LogP contribution in [-0.4, -0.2) is 0 Å². The van der Waals surface area contributed by atoms with Crippen LogP contribution in [0.2, 0.25) is 0 Å². The first kappa shape index (κ1) is 24.5. The summed E-state index contributed by atoms with van der Waals surface area (Å²) < 4.78 is 55.0. The molecule has 0 saturated carbocycles. The van der Waals surface area contributed by atoms with Crippen molar-refractivity contribution in [3.05, 3.63) is 41.7 Å². The van der Waals surface area contributed by atoms with Crippen molar-refractivity contribution in [3.63, 3.8) is 0 Å². The molecule has 0 N–H and O–H groups in total. The van der Waals surface area contributed by atoms with E-state index >= 15 is 0 Å². The predicted octanol–water partition coefficient (Wildman–Crippen LogP) is 8.59. The van der Waals surface area contributed by atoms with Crippen LogP contribution in [0.15, 0.2) is 30.3 Å². The van der Waals surface area contributed by atoms with Crippen LogP contribution in [0.3, 0.4) is 0 Å². The lowest BCUT2D eigenvalue weighted by Gasteiger charge is -2.17. The van der Waals surface area contributed by atoms with Crippen LogP contribution in [0, 0.1) is 17.7 Å². The summed E-state index contributed by atoms with van der Waals surface area (Å²) in [5.74, 6) is 0.127. The number of ether oxygens (including phenoxy) is 1. The van der Waals surface area contributed by atoms with E-state index in [4.69, 9.17) is 0 Å². The minimum absolute atomic E-state index is 0.529. The molecule has 5 heteroatoms. The highest BCUT2D eigenvalue weighted by molar-refractivity contribution is 5.30. The van der Waals surface area contributed by atoms with Gasteiger partial charge in [-0.3, -0.25) is 0 Å². The maximum atomic E-state index is 13.9. The molecule has 28 heavy (non-hydrogen) atoms. The average Bonchev–Trinajstić information content (AvgIpc) is 2.64. The van der Waals surface area contributed by atoms with E-state index in [1.807, 2.05) is 0 Å². The van der Waals surface area contributed by atoms with Gasteiger partial charge in [-0.2, -0.15) is 13.2 Å². The van der Waals surface area contributed by atoms with Gasteiger partial charge < -0.3 is 4.74 Å². The molecule has 0 aliphatic rings. The molecule has 0 aliphatic carbocycles. The molecule has 0 bridgehead atoms. The fraction of sp³-hybridized carbons (Fsp3) is 0.652. The minimum Gasteiger partial charge on any atom is -0.425 e. The van der Waals surface area contributed by atoms with E-state index in [0.717, 1.165) is 24.3 Å². The zero-order valence-corrected chi connectivity index (χ0v) is 17.4. The molecule has 0 heterocycles. The molecule has 1 rings (SSSR count). The second kappa shape index (κ2) is 13.6. The van der Waals surface area contributed by atoms with Gasteiger partial charge in [-0.25, -0.2) is 4.39 Å². The van der Waals surface area contributed by atoms with Crippen LogP contribution in [0.1, 0.15) is 84.1 Å². The van der Waals surface area contributed by atoms with Gasteiger partial charge in [0.05, 0.1) is 0 Å². The summed E-state index contributed by atoms with van der Waals surface area (Å²) in [7, 11) is 0. The highest BCUT2D eigenvalue weighted by Gasteiger charge is 2.13. The standard InChI is InChI=1S/C23H34F4O/c1-4-8-17(3)10-6-11-18(9-5-2)12-7-13-19-14-15-21(20(24)16-19)28-23(27)22(25)26/h14-18H,4-13H2,1-3H3. The molecule has 0 fully saturated rings.